The maximum Gasteiger partial charge on any atom is 0.320 e. The molecule has 4 heterocycles. The van der Waals surface area contributed by atoms with Crippen molar-refractivity contribution in [2.45, 2.75) is 18.2 Å². The van der Waals surface area contributed by atoms with E-state index in [0.29, 0.717) is 49.3 Å². The van der Waals surface area contributed by atoms with Gasteiger partial charge in [-0.2, -0.15) is 8.42 Å². The molecule has 1 N–H and O–H groups in total. The summed E-state index contributed by atoms with van der Waals surface area (Å²) in [6.07, 6.45) is 5.61. The number of thiocarbonyl (C=S) groups is 1. The number of amides is 1. The predicted octanol–water partition coefficient (Wildman–Crippen LogP) is 2.79. The molecule has 1 aromatic heterocycles. The molecule has 0 saturated carbocycles. The molecule has 1 spiro atoms. The number of pyridine rings is 1. The van der Waals surface area contributed by atoms with Crippen molar-refractivity contribution in [2.24, 2.45) is 0 Å². The molecule has 3 aliphatic heterocycles. The Hall–Kier alpha value is -3.16. The van der Waals surface area contributed by atoms with Gasteiger partial charge >= 0.3 is 16.0 Å². The lowest BCUT2D eigenvalue weighted by atomic mass is 10.2. The lowest BCUT2D eigenvalue weighted by Crippen LogP contribution is -2.53. The summed E-state index contributed by atoms with van der Waals surface area (Å²) < 4.78 is 46.1. The summed E-state index contributed by atoms with van der Waals surface area (Å²) in [6, 6.07) is 12.4. The van der Waals surface area contributed by atoms with Crippen LogP contribution in [0.1, 0.15) is 12.8 Å². The number of nitrogens with zero attached hydrogens (tertiary/aromatic N) is 4. The van der Waals surface area contributed by atoms with Gasteiger partial charge in [-0.15, -0.1) is 0 Å². The number of carbonyl (C=O) groups excluding carboxylic acids is 1. The zero-order chi connectivity index (χ0) is 25.5. The van der Waals surface area contributed by atoms with Crippen molar-refractivity contribution >= 4 is 44.9 Å². The molecule has 1 aromatic carbocycles. The van der Waals surface area contributed by atoms with Crippen molar-refractivity contribution in [3.05, 3.63) is 72.4 Å². The van der Waals surface area contributed by atoms with Gasteiger partial charge in [-0.1, -0.05) is 18.2 Å². The lowest BCUT2D eigenvalue weighted by Gasteiger charge is -2.31. The normalized spacial score (nSPS) is 25.9. The molecule has 2 fully saturated rings. The molecule has 12 heteroatoms. The first-order chi connectivity index (χ1) is 17.3. The molecule has 2 unspecified atom stereocenters. The van der Waals surface area contributed by atoms with E-state index >= 15 is 0 Å². The standard InChI is InChI=1S/C24H24N4O6S2/c1-33-16-14-26-17(23(29)27(24(26)35)20-9-4-5-13-25-20)11-12-21-28(15-6-10-22(28)36(30,31)32)18-7-2-3-8-19(18)34-21/h2-5,7-9,11-13,22H,6,10,14-16H2,1H3/p+1. The number of aromatic nitrogens is 1. The monoisotopic (exact) mass is 529 g/mol. The van der Waals surface area contributed by atoms with E-state index in [1.807, 2.05) is 0 Å². The molecule has 10 nitrogen and oxygen atoms in total. The summed E-state index contributed by atoms with van der Waals surface area (Å²) in [5.41, 5.74) is 0.928. The summed E-state index contributed by atoms with van der Waals surface area (Å²) >= 11 is 5.61. The zero-order valence-electron chi connectivity index (χ0n) is 19.5. The SMILES string of the molecule is COCCN1C(=S)N(c2ccccn2)C(=O)C1=CC=C1Oc2ccccc2[N+]12CCCC2S(=O)(=O)O. The maximum atomic E-state index is 13.5. The Balaban J connectivity index is 1.60. The van der Waals surface area contributed by atoms with Gasteiger partial charge in [0.1, 0.15) is 11.5 Å². The minimum Gasteiger partial charge on any atom is -0.406 e. The number of fused-ring (bicyclic) bond motifs is 2. The van der Waals surface area contributed by atoms with E-state index < -0.39 is 15.5 Å². The molecule has 2 aromatic rings. The number of ether oxygens (including phenoxy) is 2. The first-order valence-corrected chi connectivity index (χ1v) is 13.3. The van der Waals surface area contributed by atoms with Crippen LogP contribution >= 0.6 is 12.2 Å². The molecule has 5 rings (SSSR count). The van der Waals surface area contributed by atoms with Crippen LogP contribution in [-0.2, 0) is 19.6 Å². The third kappa shape index (κ3) is 3.91. The maximum absolute atomic E-state index is 13.5. The molecule has 0 radical (unpaired) electrons. The van der Waals surface area contributed by atoms with Gasteiger partial charge in [0.2, 0.25) is 5.37 Å². The first kappa shape index (κ1) is 24.5. The first-order valence-electron chi connectivity index (χ1n) is 11.4. The summed E-state index contributed by atoms with van der Waals surface area (Å²) in [5, 5.41) is -0.849. The highest BCUT2D eigenvalue weighted by Crippen LogP contribution is 2.51. The molecular weight excluding hydrogens is 504 g/mol. The average Bonchev–Trinajstić information content (AvgIpc) is 3.51. The second-order valence-electron chi connectivity index (χ2n) is 8.59. The van der Waals surface area contributed by atoms with Crippen molar-refractivity contribution in [2.75, 3.05) is 31.7 Å². The third-order valence-electron chi connectivity index (χ3n) is 6.62. The van der Waals surface area contributed by atoms with Gasteiger partial charge in [-0.3, -0.25) is 9.35 Å². The largest absolute Gasteiger partial charge is 0.406 e. The van der Waals surface area contributed by atoms with Crippen molar-refractivity contribution in [1.29, 1.82) is 0 Å². The molecule has 0 aliphatic carbocycles. The highest BCUT2D eigenvalue weighted by molar-refractivity contribution is 7.86. The van der Waals surface area contributed by atoms with Crippen molar-refractivity contribution in [3.63, 3.8) is 0 Å². The molecule has 188 valence electrons. The molecule has 2 atom stereocenters. The Kier molecular flexibility index (Phi) is 6.39. The molecular formula is C24H25N4O6S2+. The number of hydrogen-bond donors (Lipinski definition) is 1. The number of quaternary nitrogens is 1. The molecule has 2 saturated heterocycles. The van der Waals surface area contributed by atoms with Crippen LogP contribution in [-0.4, -0.2) is 66.1 Å². The van der Waals surface area contributed by atoms with Gasteiger partial charge in [0.05, 0.1) is 13.2 Å². The van der Waals surface area contributed by atoms with E-state index in [1.165, 1.54) is 4.90 Å². The van der Waals surface area contributed by atoms with Gasteiger partial charge in [0.25, 0.3) is 5.91 Å². The highest BCUT2D eigenvalue weighted by Gasteiger charge is 2.59. The number of anilines is 1. The van der Waals surface area contributed by atoms with Crippen molar-refractivity contribution in [3.8, 4) is 5.75 Å². The van der Waals surface area contributed by atoms with Crippen LogP contribution in [0.5, 0.6) is 5.75 Å². The van der Waals surface area contributed by atoms with E-state index in [4.69, 9.17) is 21.7 Å². The predicted molar refractivity (Wildman–Crippen MR) is 137 cm³/mol. The number of hydrogen-bond acceptors (Lipinski definition) is 7. The second kappa shape index (κ2) is 9.37. The number of allylic oxidation sites excluding steroid dienone is 2. The Morgan fingerprint density at radius 1 is 1.25 bits per heavy atom. The number of carbonyl (C=O) groups is 1. The van der Waals surface area contributed by atoms with Crippen LogP contribution in [0.25, 0.3) is 0 Å². The summed E-state index contributed by atoms with van der Waals surface area (Å²) in [7, 11) is -2.84. The molecule has 0 bridgehead atoms. The molecule has 3 aliphatic rings. The fourth-order valence-electron chi connectivity index (χ4n) is 5.08. The summed E-state index contributed by atoms with van der Waals surface area (Å²) in [4.78, 5) is 20.8. The fraction of sp³-hybridized carbons (Fsp3) is 0.292. The Morgan fingerprint density at radius 2 is 2.03 bits per heavy atom. The molecule has 1 amide bonds. The van der Waals surface area contributed by atoms with Crippen LogP contribution in [0.3, 0.4) is 0 Å². The topological polar surface area (TPSA) is 109 Å². The minimum atomic E-state index is -4.39. The Labute approximate surface area is 214 Å². The van der Waals surface area contributed by atoms with Crippen LogP contribution < -0.4 is 14.1 Å². The minimum absolute atomic E-state index is 0.167. The van der Waals surface area contributed by atoms with Gasteiger partial charge in [-0.05, 0) is 36.5 Å². The average molecular weight is 530 g/mol. The van der Waals surface area contributed by atoms with Gasteiger partial charge in [0, 0.05) is 44.8 Å². The van der Waals surface area contributed by atoms with E-state index in [9.17, 15) is 17.8 Å². The smallest absolute Gasteiger partial charge is 0.320 e. The van der Waals surface area contributed by atoms with Gasteiger partial charge < -0.3 is 14.4 Å². The van der Waals surface area contributed by atoms with E-state index in [2.05, 4.69) is 4.98 Å². The van der Waals surface area contributed by atoms with Crippen LogP contribution in [0, 0.1) is 0 Å². The Bertz CT molecular complexity index is 1380. The van der Waals surface area contributed by atoms with Crippen molar-refractivity contribution < 1.29 is 27.2 Å². The lowest BCUT2D eigenvalue weighted by molar-refractivity contribution is -0.114. The van der Waals surface area contributed by atoms with Gasteiger partial charge in [0.15, 0.2) is 16.5 Å². The molecule has 36 heavy (non-hydrogen) atoms. The van der Waals surface area contributed by atoms with E-state index in [-0.39, 0.29) is 27.6 Å². The van der Waals surface area contributed by atoms with Crippen LogP contribution in [0.15, 0.2) is 72.4 Å². The van der Waals surface area contributed by atoms with Crippen molar-refractivity contribution in [1.82, 2.24) is 14.4 Å². The number of rotatable bonds is 6. The Morgan fingerprint density at radius 3 is 2.75 bits per heavy atom. The fourth-order valence-corrected chi connectivity index (χ4v) is 6.68. The number of benzene rings is 1. The summed E-state index contributed by atoms with van der Waals surface area (Å²) in [6.45, 7) is 1.08. The van der Waals surface area contributed by atoms with Crippen LogP contribution in [0.2, 0.25) is 0 Å². The number of methoxy groups -OCH3 is 1. The third-order valence-corrected chi connectivity index (χ3v) is 8.30. The zero-order valence-corrected chi connectivity index (χ0v) is 21.1. The summed E-state index contributed by atoms with van der Waals surface area (Å²) in [5.74, 6) is 0.842. The quantitative estimate of drug-likeness (QED) is 0.261. The van der Waals surface area contributed by atoms with E-state index in [0.717, 1.165) is 0 Å². The number of para-hydroxylation sites is 2. The second-order valence-corrected chi connectivity index (χ2v) is 10.5. The van der Waals surface area contributed by atoms with E-state index in [1.54, 1.807) is 72.8 Å². The van der Waals surface area contributed by atoms with Gasteiger partial charge in [-0.25, -0.2) is 14.4 Å². The van der Waals surface area contributed by atoms with Crippen LogP contribution in [0.4, 0.5) is 11.5 Å². The highest BCUT2D eigenvalue weighted by atomic mass is 32.2.